The van der Waals surface area contributed by atoms with Crippen molar-refractivity contribution in [3.05, 3.63) is 65.5 Å². The van der Waals surface area contributed by atoms with Crippen LogP contribution in [-0.2, 0) is 23.8 Å². The van der Waals surface area contributed by atoms with E-state index in [0.717, 1.165) is 16.8 Å². The van der Waals surface area contributed by atoms with Gasteiger partial charge in [-0.1, -0.05) is 24.3 Å². The molecule has 0 fully saturated rings. The molecule has 0 aliphatic carbocycles. The number of alkyl halides is 3. The Balaban J connectivity index is 0.000000333. The van der Waals surface area contributed by atoms with E-state index < -0.39 is 15.6 Å². The first-order valence-electron chi connectivity index (χ1n) is 6.89. The summed E-state index contributed by atoms with van der Waals surface area (Å²) >= 11 is 0. The lowest BCUT2D eigenvalue weighted by Crippen LogP contribution is -2.30. The van der Waals surface area contributed by atoms with Gasteiger partial charge >= 0.3 is 5.51 Å². The van der Waals surface area contributed by atoms with E-state index in [1.165, 1.54) is 0 Å². The molecule has 2 rings (SSSR count). The van der Waals surface area contributed by atoms with Gasteiger partial charge in [-0.05, 0) is 23.3 Å². The Labute approximate surface area is 143 Å². The molecule has 0 radical (unpaired) electrons. The summed E-state index contributed by atoms with van der Waals surface area (Å²) in [4.78, 5) is 0. The van der Waals surface area contributed by atoms with Crippen molar-refractivity contribution < 1.29 is 35.8 Å². The smallest absolute Gasteiger partial charge is 0.485 e. The van der Waals surface area contributed by atoms with Crippen LogP contribution in [0.5, 0.6) is 0 Å². The van der Waals surface area contributed by atoms with Crippen LogP contribution in [0.4, 0.5) is 13.2 Å². The van der Waals surface area contributed by atoms with Crippen molar-refractivity contribution in [2.24, 2.45) is 7.05 Å². The van der Waals surface area contributed by atoms with Crippen LogP contribution in [-0.4, -0.2) is 23.6 Å². The molecule has 1 aromatic heterocycles. The van der Waals surface area contributed by atoms with Crippen molar-refractivity contribution in [1.29, 1.82) is 0 Å². The van der Waals surface area contributed by atoms with Gasteiger partial charge in [0.1, 0.15) is 7.05 Å². The molecule has 25 heavy (non-hydrogen) atoms. The van der Waals surface area contributed by atoms with Crippen molar-refractivity contribution in [2.45, 2.75) is 12.1 Å². The number of hydrogen-bond acceptors (Lipinski definition) is 4. The molecule has 0 bridgehead atoms. The zero-order chi connectivity index (χ0) is 19.1. The summed E-state index contributed by atoms with van der Waals surface area (Å²) in [5, 5.41) is 8.95. The van der Waals surface area contributed by atoms with Crippen LogP contribution in [0.25, 0.3) is 12.2 Å². The summed E-state index contributed by atoms with van der Waals surface area (Å²) in [6.07, 6.45) is 6.17. The molecule has 0 aliphatic heterocycles. The molecule has 0 spiro atoms. The van der Waals surface area contributed by atoms with Gasteiger partial charge in [0.2, 0.25) is 5.69 Å². The van der Waals surface area contributed by atoms with Gasteiger partial charge in [-0.15, -0.1) is 0 Å². The van der Waals surface area contributed by atoms with Crippen molar-refractivity contribution in [2.75, 3.05) is 0 Å². The van der Waals surface area contributed by atoms with Gasteiger partial charge < -0.3 is 9.66 Å². The Morgan fingerprint density at radius 2 is 1.68 bits per heavy atom. The van der Waals surface area contributed by atoms with E-state index in [0.29, 0.717) is 0 Å². The number of pyridine rings is 1. The van der Waals surface area contributed by atoms with E-state index in [9.17, 15) is 13.2 Å². The van der Waals surface area contributed by atoms with E-state index in [1.807, 2.05) is 49.6 Å². The maximum Gasteiger partial charge on any atom is 0.485 e. The topological polar surface area (TPSA) is 81.3 Å². The predicted octanol–water partition coefficient (Wildman–Crippen LogP) is 2.23. The van der Waals surface area contributed by atoms with Crippen LogP contribution in [0.1, 0.15) is 16.8 Å². The fourth-order valence-corrected chi connectivity index (χ4v) is 1.63. The monoisotopic (exact) mass is 375 g/mol. The second-order valence-corrected chi connectivity index (χ2v) is 6.24. The Morgan fingerprint density at radius 3 is 2.12 bits per heavy atom. The molecule has 2 aromatic rings. The molecule has 0 unspecified atom stereocenters. The van der Waals surface area contributed by atoms with Crippen LogP contribution in [0.15, 0.2) is 48.7 Å². The van der Waals surface area contributed by atoms with Crippen LogP contribution in [0.2, 0.25) is 0 Å². The highest BCUT2D eigenvalue weighted by molar-refractivity contribution is 7.86. The van der Waals surface area contributed by atoms with Gasteiger partial charge in [0, 0.05) is 18.2 Å². The molecule has 9 heteroatoms. The lowest BCUT2D eigenvalue weighted by atomic mass is 10.1. The zero-order valence-electron chi connectivity index (χ0n) is 13.1. The number of benzene rings is 1. The third-order valence-electron chi connectivity index (χ3n) is 2.99. The molecule has 1 aromatic carbocycles. The number of aliphatic hydroxyl groups is 1. The lowest BCUT2D eigenvalue weighted by molar-refractivity contribution is -0.673. The number of halogens is 3. The molecule has 5 nitrogen and oxygen atoms in total. The minimum absolute atomic E-state index is 0.0949. The van der Waals surface area contributed by atoms with Crippen molar-refractivity contribution in [3.8, 4) is 0 Å². The average Bonchev–Trinajstić information content (AvgIpc) is 2.53. The highest BCUT2D eigenvalue weighted by atomic mass is 32.2. The van der Waals surface area contributed by atoms with Crippen LogP contribution in [0, 0.1) is 0 Å². The zero-order valence-corrected chi connectivity index (χ0v) is 14.0. The van der Waals surface area contributed by atoms with Crippen molar-refractivity contribution in [1.82, 2.24) is 0 Å². The van der Waals surface area contributed by atoms with Gasteiger partial charge in [0.25, 0.3) is 0 Å². The van der Waals surface area contributed by atoms with Crippen LogP contribution >= 0.6 is 0 Å². The Bertz CT molecular complexity index is 816. The minimum atomic E-state index is -6.09. The van der Waals surface area contributed by atoms with E-state index in [4.69, 9.17) is 18.1 Å². The summed E-state index contributed by atoms with van der Waals surface area (Å²) in [6.45, 7) is 0.0949. The number of aryl methyl sites for hydroxylation is 1. The number of rotatable bonds is 3. The van der Waals surface area contributed by atoms with Crippen molar-refractivity contribution in [3.63, 3.8) is 0 Å². The van der Waals surface area contributed by atoms with Gasteiger partial charge in [0.05, 0.1) is 6.61 Å². The molecule has 0 amide bonds. The molecule has 136 valence electrons. The van der Waals surface area contributed by atoms with E-state index in [1.54, 1.807) is 0 Å². The normalized spacial score (nSPS) is 11.9. The summed E-state index contributed by atoms with van der Waals surface area (Å²) in [6, 6.07) is 14.0. The van der Waals surface area contributed by atoms with E-state index >= 15 is 0 Å². The number of nitrogens with zero attached hydrogens (tertiary/aromatic N) is 1. The van der Waals surface area contributed by atoms with Crippen LogP contribution in [0.3, 0.4) is 0 Å². The third-order valence-corrected chi connectivity index (χ3v) is 3.55. The predicted molar refractivity (Wildman–Crippen MR) is 84.7 cm³/mol. The number of aromatic nitrogens is 1. The average molecular weight is 375 g/mol. The highest BCUT2D eigenvalue weighted by Gasteiger charge is 2.36. The summed E-state index contributed by atoms with van der Waals surface area (Å²) in [7, 11) is -4.07. The maximum atomic E-state index is 10.7. The maximum absolute atomic E-state index is 10.7. The Morgan fingerprint density at radius 1 is 1.12 bits per heavy atom. The van der Waals surface area contributed by atoms with Gasteiger partial charge in [-0.3, -0.25) is 0 Å². The van der Waals surface area contributed by atoms with E-state index in [-0.39, 0.29) is 6.61 Å². The molecular formula is C16H16F3NO4S. The lowest BCUT2D eigenvalue weighted by Gasteiger charge is -2.08. The molecule has 1 heterocycles. The van der Waals surface area contributed by atoms with Gasteiger partial charge in [0.15, 0.2) is 16.3 Å². The standard InChI is InChI=1S/C15H16NO.CHF3O3S/c1-16-11-3-2-4-15(16)10-9-13-5-7-14(12-17)8-6-13;2-1(3,4)8(5,6)7/h2-11,17H,12H2,1H3;(H,5,6,7)/q+1;/p-1. The second kappa shape index (κ2) is 8.75. The third kappa shape index (κ3) is 7.04. The summed E-state index contributed by atoms with van der Waals surface area (Å²) in [5.41, 5.74) is -2.43. The molecular weight excluding hydrogens is 359 g/mol. The van der Waals surface area contributed by atoms with Gasteiger partial charge in [-0.25, -0.2) is 13.0 Å². The molecule has 0 aliphatic rings. The Kier molecular flexibility index (Phi) is 7.28. The summed E-state index contributed by atoms with van der Waals surface area (Å²) < 4.78 is 61.0. The molecule has 0 saturated carbocycles. The first kappa shape index (κ1) is 20.8. The fourth-order valence-electron chi connectivity index (χ4n) is 1.63. The number of aliphatic hydroxyl groups excluding tert-OH is 1. The van der Waals surface area contributed by atoms with Gasteiger partial charge in [-0.2, -0.15) is 13.2 Å². The quantitative estimate of drug-likeness (QED) is 0.507. The highest BCUT2D eigenvalue weighted by Crippen LogP contribution is 2.20. The largest absolute Gasteiger partial charge is 0.741 e. The van der Waals surface area contributed by atoms with Crippen LogP contribution < -0.4 is 4.57 Å². The minimum Gasteiger partial charge on any atom is -0.741 e. The first-order chi connectivity index (χ1) is 11.5. The fraction of sp³-hybridized carbons (Fsp3) is 0.188. The molecule has 1 N–H and O–H groups in total. The summed E-state index contributed by atoms with van der Waals surface area (Å²) in [5.74, 6) is 0. The van der Waals surface area contributed by atoms with Crippen molar-refractivity contribution >= 4 is 22.3 Å². The first-order valence-corrected chi connectivity index (χ1v) is 8.30. The molecule has 0 atom stereocenters. The second-order valence-electron chi connectivity index (χ2n) is 4.87. The SMILES string of the molecule is C[n+]1ccccc1C=Cc1ccc(CO)cc1.O=S(=O)([O-])C(F)(F)F. The molecule has 0 saturated heterocycles. The Hall–Kier alpha value is -2.23. The number of hydrogen-bond donors (Lipinski definition) is 1. The van der Waals surface area contributed by atoms with E-state index in [2.05, 4.69) is 22.8 Å².